The number of nitrogens with zero attached hydrogens (tertiary/aromatic N) is 2. The highest BCUT2D eigenvalue weighted by molar-refractivity contribution is 14.1. The van der Waals surface area contributed by atoms with Crippen LogP contribution in [-0.4, -0.2) is 40.2 Å². The van der Waals surface area contributed by atoms with Gasteiger partial charge in [0, 0.05) is 6.04 Å². The van der Waals surface area contributed by atoms with E-state index in [-0.39, 0.29) is 0 Å². The lowest BCUT2D eigenvalue weighted by atomic mass is 9.87. The summed E-state index contributed by atoms with van der Waals surface area (Å²) in [6, 6.07) is 0.711. The molecule has 1 aliphatic rings. The van der Waals surface area contributed by atoms with Crippen molar-refractivity contribution in [2.24, 2.45) is 11.8 Å². The van der Waals surface area contributed by atoms with Crippen LogP contribution < -0.4 is 0 Å². The quantitative estimate of drug-likeness (QED) is 0.417. The van der Waals surface area contributed by atoms with Gasteiger partial charge >= 0.3 is 0 Å². The van der Waals surface area contributed by atoms with E-state index in [1.165, 1.54) is 0 Å². The van der Waals surface area contributed by atoms with E-state index in [1.807, 2.05) is 0 Å². The Labute approximate surface area is 102 Å². The maximum absolute atomic E-state index is 2.58. The molecule has 0 amide bonds. The minimum Gasteiger partial charge on any atom is -0.288 e. The monoisotopic (exact) mass is 310 g/mol. The van der Waals surface area contributed by atoms with Gasteiger partial charge < -0.3 is 0 Å². The van der Waals surface area contributed by atoms with Gasteiger partial charge in [-0.25, -0.2) is 0 Å². The number of hydrogen-bond acceptors (Lipinski definition) is 2. The molecule has 1 saturated heterocycles. The molecule has 84 valence electrons. The zero-order valence-corrected chi connectivity index (χ0v) is 12.3. The largest absolute Gasteiger partial charge is 0.288 e. The average Bonchev–Trinajstić information content (AvgIpc) is 2.11. The normalized spacial score (nSPS) is 42.0. The van der Waals surface area contributed by atoms with Crippen LogP contribution in [0.3, 0.4) is 0 Å². The van der Waals surface area contributed by atoms with E-state index in [9.17, 15) is 0 Å². The Balaban J connectivity index is 2.86. The molecule has 0 radical (unpaired) electrons. The predicted octanol–water partition coefficient (Wildman–Crippen LogP) is 2.63. The number of hydrogen-bond donors (Lipinski definition) is 0. The molecular formula is C11H23IN2. The van der Waals surface area contributed by atoms with E-state index >= 15 is 0 Å². The van der Waals surface area contributed by atoms with Crippen LogP contribution >= 0.6 is 22.6 Å². The molecule has 0 spiro atoms. The summed E-state index contributed by atoms with van der Waals surface area (Å²) < 4.78 is 0.659. The van der Waals surface area contributed by atoms with E-state index in [4.69, 9.17) is 0 Å². The Morgan fingerprint density at radius 1 is 1.07 bits per heavy atom. The third-order valence-electron chi connectivity index (χ3n) is 3.69. The standard InChI is InChI=1S/C11H23IN2/c1-7(2)10-8(3)11(12)14(6)9(4)13(10)5/h7-11H,1-6H3/t8-,9?,10+,11?/m0/s1. The topological polar surface area (TPSA) is 6.48 Å². The van der Waals surface area contributed by atoms with Gasteiger partial charge in [0.15, 0.2) is 0 Å². The molecule has 0 N–H and O–H groups in total. The summed E-state index contributed by atoms with van der Waals surface area (Å²) in [6.07, 6.45) is 0.556. The fourth-order valence-corrected chi connectivity index (χ4v) is 3.62. The lowest BCUT2D eigenvalue weighted by Gasteiger charge is -2.51. The van der Waals surface area contributed by atoms with Crippen LogP contribution in [-0.2, 0) is 0 Å². The van der Waals surface area contributed by atoms with Gasteiger partial charge in [-0.3, -0.25) is 9.80 Å². The van der Waals surface area contributed by atoms with E-state index in [0.717, 1.165) is 11.8 Å². The average molecular weight is 310 g/mol. The minimum absolute atomic E-state index is 0.556. The summed E-state index contributed by atoms with van der Waals surface area (Å²) in [6.45, 7) is 9.34. The summed E-state index contributed by atoms with van der Waals surface area (Å²) in [5.41, 5.74) is 0. The zero-order valence-electron chi connectivity index (χ0n) is 10.2. The number of halogens is 1. The smallest absolute Gasteiger partial charge is 0.0669 e. The predicted molar refractivity (Wildman–Crippen MR) is 70.6 cm³/mol. The summed E-state index contributed by atoms with van der Waals surface area (Å²) in [4.78, 5) is 4.98. The molecule has 0 aromatic rings. The second-order valence-corrected chi connectivity index (χ2v) is 6.21. The molecule has 1 aliphatic heterocycles. The Hall–Kier alpha value is 0.650. The first-order valence-corrected chi connectivity index (χ1v) is 6.70. The van der Waals surface area contributed by atoms with Gasteiger partial charge in [-0.15, -0.1) is 0 Å². The molecule has 1 fully saturated rings. The third-order valence-corrected chi connectivity index (χ3v) is 5.71. The Bertz CT molecular complexity index is 180. The maximum atomic E-state index is 2.58. The summed E-state index contributed by atoms with van der Waals surface area (Å²) >= 11 is 2.58. The first-order valence-electron chi connectivity index (χ1n) is 5.45. The molecule has 1 heterocycles. The molecule has 2 nitrogen and oxygen atoms in total. The Morgan fingerprint density at radius 3 is 2.00 bits per heavy atom. The number of rotatable bonds is 1. The second kappa shape index (κ2) is 4.66. The van der Waals surface area contributed by atoms with E-state index in [1.54, 1.807) is 0 Å². The zero-order chi connectivity index (χ0) is 11.0. The lowest BCUT2D eigenvalue weighted by Crippen LogP contribution is -2.61. The third kappa shape index (κ3) is 2.09. The van der Waals surface area contributed by atoms with Gasteiger partial charge in [-0.05, 0) is 32.9 Å². The molecule has 14 heavy (non-hydrogen) atoms. The van der Waals surface area contributed by atoms with Crippen LogP contribution in [0.2, 0.25) is 0 Å². The van der Waals surface area contributed by atoms with E-state index < -0.39 is 0 Å². The van der Waals surface area contributed by atoms with E-state index in [0.29, 0.717) is 16.3 Å². The van der Waals surface area contributed by atoms with Gasteiger partial charge in [-0.2, -0.15) is 0 Å². The highest BCUT2D eigenvalue weighted by atomic mass is 127. The highest BCUT2D eigenvalue weighted by Crippen LogP contribution is 2.34. The molecule has 0 aromatic carbocycles. The summed E-state index contributed by atoms with van der Waals surface area (Å²) in [5, 5.41) is 0. The molecular weight excluding hydrogens is 287 g/mol. The van der Waals surface area contributed by atoms with Gasteiger partial charge in [0.1, 0.15) is 0 Å². The number of alkyl halides is 1. The fraction of sp³-hybridized carbons (Fsp3) is 1.00. The molecule has 0 bridgehead atoms. The summed E-state index contributed by atoms with van der Waals surface area (Å²) in [5.74, 6) is 1.48. The van der Waals surface area contributed by atoms with Crippen molar-refractivity contribution in [3.63, 3.8) is 0 Å². The van der Waals surface area contributed by atoms with Gasteiger partial charge in [-0.1, -0.05) is 43.4 Å². The fourth-order valence-electron chi connectivity index (χ4n) is 2.72. The molecule has 0 aromatic heterocycles. The SMILES string of the molecule is CC(C)[C@@H]1[C@H](C)C(I)N(C)C(C)N1C. The van der Waals surface area contributed by atoms with Crippen LogP contribution in [0.5, 0.6) is 0 Å². The van der Waals surface area contributed by atoms with E-state index in [2.05, 4.69) is 74.2 Å². The van der Waals surface area contributed by atoms with Crippen molar-refractivity contribution in [1.82, 2.24) is 9.80 Å². The molecule has 2 unspecified atom stereocenters. The first-order chi connectivity index (χ1) is 6.37. The van der Waals surface area contributed by atoms with Crippen LogP contribution in [0.15, 0.2) is 0 Å². The van der Waals surface area contributed by atoms with Gasteiger partial charge in [0.2, 0.25) is 0 Å². The Morgan fingerprint density at radius 2 is 1.57 bits per heavy atom. The van der Waals surface area contributed by atoms with Crippen molar-refractivity contribution in [3.8, 4) is 0 Å². The van der Waals surface area contributed by atoms with Crippen molar-refractivity contribution in [1.29, 1.82) is 0 Å². The molecule has 4 atom stereocenters. The van der Waals surface area contributed by atoms with Crippen molar-refractivity contribution < 1.29 is 0 Å². The van der Waals surface area contributed by atoms with Crippen molar-refractivity contribution in [2.75, 3.05) is 14.1 Å². The minimum atomic E-state index is 0.556. The van der Waals surface area contributed by atoms with Crippen molar-refractivity contribution >= 4 is 22.6 Å². The van der Waals surface area contributed by atoms with Crippen LogP contribution in [0.25, 0.3) is 0 Å². The Kier molecular flexibility index (Phi) is 4.23. The molecule has 0 aliphatic carbocycles. The molecule has 3 heteroatoms. The van der Waals surface area contributed by atoms with Gasteiger partial charge in [0.25, 0.3) is 0 Å². The highest BCUT2D eigenvalue weighted by Gasteiger charge is 2.40. The lowest BCUT2D eigenvalue weighted by molar-refractivity contribution is -0.0448. The molecule has 1 rings (SSSR count). The maximum Gasteiger partial charge on any atom is 0.0669 e. The van der Waals surface area contributed by atoms with Crippen LogP contribution in [0.1, 0.15) is 27.7 Å². The van der Waals surface area contributed by atoms with Crippen molar-refractivity contribution in [3.05, 3.63) is 0 Å². The van der Waals surface area contributed by atoms with Crippen LogP contribution in [0.4, 0.5) is 0 Å². The second-order valence-electron chi connectivity index (χ2n) is 4.93. The van der Waals surface area contributed by atoms with Crippen molar-refractivity contribution in [2.45, 2.75) is 44.0 Å². The first kappa shape index (κ1) is 12.7. The molecule has 0 saturated carbocycles. The van der Waals surface area contributed by atoms with Crippen LogP contribution in [0, 0.1) is 11.8 Å². The summed E-state index contributed by atoms with van der Waals surface area (Å²) in [7, 11) is 4.48. The van der Waals surface area contributed by atoms with Gasteiger partial charge in [0.05, 0.1) is 10.2 Å².